The Bertz CT molecular complexity index is 1130. The number of benzene rings is 3. The normalized spacial score (nSPS) is 11.2. The summed E-state index contributed by atoms with van der Waals surface area (Å²) in [6.45, 7) is 5.78. The van der Waals surface area contributed by atoms with Gasteiger partial charge >= 0.3 is 0 Å². The molecule has 0 radical (unpaired) electrons. The molecule has 0 heterocycles. The molecule has 6 heteroatoms. The molecule has 1 amide bonds. The molecule has 0 aliphatic rings. The number of nitrogens with one attached hydrogen (secondary N) is 2. The summed E-state index contributed by atoms with van der Waals surface area (Å²) in [5, 5.41) is 2.83. The Morgan fingerprint density at radius 2 is 1.45 bits per heavy atom. The maximum absolute atomic E-state index is 12.7. The Morgan fingerprint density at radius 1 is 0.839 bits per heavy atom. The van der Waals surface area contributed by atoms with Crippen molar-refractivity contribution in [1.82, 2.24) is 0 Å². The molecule has 31 heavy (non-hydrogen) atoms. The molecule has 0 unspecified atom stereocenters. The molecule has 0 fully saturated rings. The van der Waals surface area contributed by atoms with E-state index >= 15 is 0 Å². The van der Waals surface area contributed by atoms with Crippen molar-refractivity contribution < 1.29 is 13.2 Å². The topological polar surface area (TPSA) is 75.3 Å². The van der Waals surface area contributed by atoms with Crippen LogP contribution in [0.1, 0.15) is 35.1 Å². The first-order valence-corrected chi connectivity index (χ1v) is 11.8. The standard InChI is InChI=1S/C25H28N2O3S/c1-18-10-12-21(13-11-18)8-5-9-24(28)26-22-14-16-23(17-15-22)31(29,30)27-25-19(2)6-4-7-20(25)3/h4,6-7,10-17,27H,5,8-9H2,1-3H3,(H,26,28). The Labute approximate surface area is 184 Å². The zero-order chi connectivity index (χ0) is 22.4. The highest BCUT2D eigenvalue weighted by Crippen LogP contribution is 2.24. The van der Waals surface area contributed by atoms with Gasteiger partial charge in [0.25, 0.3) is 10.0 Å². The van der Waals surface area contributed by atoms with Crippen LogP contribution in [0.15, 0.2) is 71.6 Å². The molecule has 0 bridgehead atoms. The smallest absolute Gasteiger partial charge is 0.261 e. The summed E-state index contributed by atoms with van der Waals surface area (Å²) in [5.74, 6) is -0.0867. The molecule has 5 nitrogen and oxygen atoms in total. The fourth-order valence-corrected chi connectivity index (χ4v) is 4.52. The van der Waals surface area contributed by atoms with Crippen LogP contribution in [0.5, 0.6) is 0 Å². The first-order chi connectivity index (χ1) is 14.7. The van der Waals surface area contributed by atoms with Crippen molar-refractivity contribution in [2.24, 2.45) is 0 Å². The van der Waals surface area contributed by atoms with Crippen molar-refractivity contribution in [2.45, 2.75) is 44.9 Å². The first kappa shape index (κ1) is 22.6. The Balaban J connectivity index is 1.56. The summed E-state index contributed by atoms with van der Waals surface area (Å²) < 4.78 is 28.1. The van der Waals surface area contributed by atoms with Gasteiger partial charge in [0.2, 0.25) is 5.91 Å². The van der Waals surface area contributed by atoms with Crippen LogP contribution in [0.2, 0.25) is 0 Å². The molecular weight excluding hydrogens is 408 g/mol. The highest BCUT2D eigenvalue weighted by molar-refractivity contribution is 7.92. The fraction of sp³-hybridized carbons (Fsp3) is 0.240. The maximum atomic E-state index is 12.7. The van der Waals surface area contributed by atoms with E-state index < -0.39 is 10.0 Å². The third kappa shape index (κ3) is 6.18. The van der Waals surface area contributed by atoms with Gasteiger partial charge in [0.15, 0.2) is 0 Å². The second-order valence-corrected chi connectivity index (χ2v) is 9.47. The minimum Gasteiger partial charge on any atom is -0.326 e. The summed E-state index contributed by atoms with van der Waals surface area (Å²) in [7, 11) is -3.71. The van der Waals surface area contributed by atoms with E-state index in [1.165, 1.54) is 23.3 Å². The summed E-state index contributed by atoms with van der Waals surface area (Å²) in [4.78, 5) is 12.4. The van der Waals surface area contributed by atoms with Crippen molar-refractivity contribution >= 4 is 27.3 Å². The molecule has 3 rings (SSSR count). The van der Waals surface area contributed by atoms with Gasteiger partial charge in [0, 0.05) is 12.1 Å². The van der Waals surface area contributed by atoms with Crippen molar-refractivity contribution in [2.75, 3.05) is 10.0 Å². The number of carbonyl (C=O) groups is 1. The molecule has 0 saturated heterocycles. The predicted octanol–water partition coefficient (Wildman–Crippen LogP) is 5.37. The fourth-order valence-electron chi connectivity index (χ4n) is 3.32. The van der Waals surface area contributed by atoms with Gasteiger partial charge in [-0.3, -0.25) is 9.52 Å². The van der Waals surface area contributed by atoms with Crippen LogP contribution in [0.3, 0.4) is 0 Å². The number of aryl methyl sites for hydroxylation is 4. The van der Waals surface area contributed by atoms with E-state index in [1.807, 2.05) is 39.0 Å². The number of carbonyl (C=O) groups excluding carboxylic acids is 1. The molecule has 0 saturated carbocycles. The lowest BCUT2D eigenvalue weighted by Gasteiger charge is -2.13. The number of para-hydroxylation sites is 1. The molecular formula is C25H28N2O3S. The molecule has 0 aliphatic heterocycles. The van der Waals surface area contributed by atoms with E-state index in [-0.39, 0.29) is 10.8 Å². The van der Waals surface area contributed by atoms with E-state index in [1.54, 1.807) is 12.1 Å². The number of rotatable bonds is 8. The average Bonchev–Trinajstić information content (AvgIpc) is 2.73. The number of anilines is 2. The van der Waals surface area contributed by atoms with Gasteiger partial charge in [-0.25, -0.2) is 8.42 Å². The van der Waals surface area contributed by atoms with Crippen LogP contribution in [0.4, 0.5) is 11.4 Å². The Kier molecular flexibility index (Phi) is 7.13. The molecule has 3 aromatic carbocycles. The van der Waals surface area contributed by atoms with Crippen LogP contribution in [-0.2, 0) is 21.2 Å². The number of hydrogen-bond acceptors (Lipinski definition) is 3. The lowest BCUT2D eigenvalue weighted by atomic mass is 10.1. The van der Waals surface area contributed by atoms with Gasteiger partial charge in [-0.15, -0.1) is 0 Å². The van der Waals surface area contributed by atoms with Crippen LogP contribution in [-0.4, -0.2) is 14.3 Å². The highest BCUT2D eigenvalue weighted by atomic mass is 32.2. The van der Waals surface area contributed by atoms with Gasteiger partial charge in [-0.05, 0) is 74.6 Å². The second-order valence-electron chi connectivity index (χ2n) is 7.78. The van der Waals surface area contributed by atoms with Crippen LogP contribution >= 0.6 is 0 Å². The Hall–Kier alpha value is -3.12. The van der Waals surface area contributed by atoms with Crippen molar-refractivity contribution in [1.29, 1.82) is 0 Å². The summed E-state index contributed by atoms with van der Waals surface area (Å²) in [5.41, 5.74) is 5.32. The number of sulfonamides is 1. The Morgan fingerprint density at radius 3 is 2.06 bits per heavy atom. The quantitative estimate of drug-likeness (QED) is 0.498. The van der Waals surface area contributed by atoms with E-state index in [0.717, 1.165) is 24.0 Å². The lowest BCUT2D eigenvalue weighted by Crippen LogP contribution is -2.15. The van der Waals surface area contributed by atoms with Gasteiger partial charge in [-0.2, -0.15) is 0 Å². The van der Waals surface area contributed by atoms with Crippen molar-refractivity contribution in [3.05, 3.63) is 89.0 Å². The van der Waals surface area contributed by atoms with Gasteiger partial charge < -0.3 is 5.32 Å². The first-order valence-electron chi connectivity index (χ1n) is 10.3. The number of hydrogen-bond donors (Lipinski definition) is 2. The third-order valence-corrected chi connectivity index (χ3v) is 6.52. The van der Waals surface area contributed by atoms with E-state index in [4.69, 9.17) is 0 Å². The molecule has 0 aliphatic carbocycles. The summed E-state index contributed by atoms with van der Waals surface area (Å²) in [6, 6.07) is 20.1. The van der Waals surface area contributed by atoms with Gasteiger partial charge in [-0.1, -0.05) is 48.0 Å². The molecule has 0 spiro atoms. The SMILES string of the molecule is Cc1ccc(CCCC(=O)Nc2ccc(S(=O)(=O)Nc3c(C)cccc3C)cc2)cc1. The van der Waals surface area contributed by atoms with Crippen molar-refractivity contribution in [3.8, 4) is 0 Å². The molecule has 3 aromatic rings. The molecule has 0 atom stereocenters. The van der Waals surface area contributed by atoms with Crippen LogP contribution in [0, 0.1) is 20.8 Å². The third-order valence-electron chi connectivity index (χ3n) is 5.16. The highest BCUT2D eigenvalue weighted by Gasteiger charge is 2.16. The zero-order valence-corrected chi connectivity index (χ0v) is 18.9. The summed E-state index contributed by atoms with van der Waals surface area (Å²) in [6.07, 6.45) is 2.00. The largest absolute Gasteiger partial charge is 0.326 e. The molecule has 162 valence electrons. The van der Waals surface area contributed by atoms with Crippen LogP contribution < -0.4 is 10.0 Å². The molecule has 0 aromatic heterocycles. The maximum Gasteiger partial charge on any atom is 0.261 e. The predicted molar refractivity (Wildman–Crippen MR) is 126 cm³/mol. The monoisotopic (exact) mass is 436 g/mol. The average molecular weight is 437 g/mol. The number of amides is 1. The molecule has 2 N–H and O–H groups in total. The lowest BCUT2D eigenvalue weighted by molar-refractivity contribution is -0.116. The van der Waals surface area contributed by atoms with E-state index in [2.05, 4.69) is 34.3 Å². The summed E-state index contributed by atoms with van der Waals surface area (Å²) >= 11 is 0. The zero-order valence-electron chi connectivity index (χ0n) is 18.1. The van der Waals surface area contributed by atoms with Crippen molar-refractivity contribution in [3.63, 3.8) is 0 Å². The minimum atomic E-state index is -3.71. The van der Waals surface area contributed by atoms with Crippen LogP contribution in [0.25, 0.3) is 0 Å². The second kappa shape index (κ2) is 9.79. The van der Waals surface area contributed by atoms with E-state index in [0.29, 0.717) is 17.8 Å². The van der Waals surface area contributed by atoms with Gasteiger partial charge in [0.05, 0.1) is 10.6 Å². The van der Waals surface area contributed by atoms with E-state index in [9.17, 15) is 13.2 Å². The minimum absolute atomic E-state index is 0.0867. The van der Waals surface area contributed by atoms with Gasteiger partial charge in [0.1, 0.15) is 0 Å².